The van der Waals surface area contributed by atoms with Gasteiger partial charge in [0.05, 0.1) is 11.0 Å². The molecule has 2 atom stereocenters. The molecule has 0 aliphatic rings. The lowest BCUT2D eigenvalue weighted by atomic mass is 9.80. The number of unbranched alkanes of at least 4 members (excludes halogenated alkanes) is 1. The van der Waals surface area contributed by atoms with Crippen LogP contribution in [0.5, 0.6) is 0 Å². The molecule has 0 amide bonds. The maximum Gasteiger partial charge on any atom is 0.206 e. The fourth-order valence-corrected chi connectivity index (χ4v) is 4.24. The summed E-state index contributed by atoms with van der Waals surface area (Å²) in [5.41, 5.74) is 0.588. The molecule has 2 rings (SSSR count). The lowest BCUT2D eigenvalue weighted by Crippen LogP contribution is -2.52. The summed E-state index contributed by atoms with van der Waals surface area (Å²) in [7, 11) is 1.57. The summed E-state index contributed by atoms with van der Waals surface area (Å²) in [6.07, 6.45) is 1.60. The van der Waals surface area contributed by atoms with Crippen molar-refractivity contribution in [3.05, 3.63) is 46.7 Å². The van der Waals surface area contributed by atoms with Gasteiger partial charge in [-0.15, -0.1) is 11.3 Å². The Balaban J connectivity index is 2.35. The zero-order chi connectivity index (χ0) is 18.4. The third kappa shape index (κ3) is 4.38. The van der Waals surface area contributed by atoms with Crippen molar-refractivity contribution in [1.82, 2.24) is 0 Å². The van der Waals surface area contributed by atoms with E-state index in [1.54, 1.807) is 7.11 Å². The monoisotopic (exact) mass is 360 g/mol. The summed E-state index contributed by atoms with van der Waals surface area (Å²) in [6.45, 7) is 6.01. The second kappa shape index (κ2) is 8.75. The van der Waals surface area contributed by atoms with E-state index < -0.39 is 11.7 Å². The minimum atomic E-state index is -1.49. The van der Waals surface area contributed by atoms with E-state index in [0.29, 0.717) is 11.3 Å². The number of aliphatic hydroxyl groups is 1. The standard InChI is InChI=1S/C21H28O3S/c1-5-6-12-21(23,20(24-4)15(2)3)19(22)18-13-17(14-25-18)16-10-8-7-9-11-16/h7-11,13-15,20,23H,5-6,12H2,1-4H3. The van der Waals surface area contributed by atoms with Gasteiger partial charge in [-0.1, -0.05) is 63.9 Å². The molecule has 4 heteroatoms. The third-order valence-electron chi connectivity index (χ3n) is 4.57. The molecule has 1 aromatic heterocycles. The van der Waals surface area contributed by atoms with E-state index in [-0.39, 0.29) is 11.7 Å². The van der Waals surface area contributed by atoms with Gasteiger partial charge in [0.15, 0.2) is 5.60 Å². The molecule has 136 valence electrons. The normalized spacial score (nSPS) is 15.1. The van der Waals surface area contributed by atoms with Crippen molar-refractivity contribution in [1.29, 1.82) is 0 Å². The first-order valence-electron chi connectivity index (χ1n) is 8.88. The maximum atomic E-state index is 13.2. The molecule has 0 fully saturated rings. The van der Waals surface area contributed by atoms with Crippen LogP contribution in [0.15, 0.2) is 41.8 Å². The second-order valence-corrected chi connectivity index (χ2v) is 7.73. The second-order valence-electron chi connectivity index (χ2n) is 6.82. The SMILES string of the molecule is CCCCC(O)(C(=O)c1cc(-c2ccccc2)cs1)C(OC)C(C)C. The third-order valence-corrected chi connectivity index (χ3v) is 5.49. The van der Waals surface area contributed by atoms with Gasteiger partial charge in [-0.25, -0.2) is 0 Å². The van der Waals surface area contributed by atoms with Crippen molar-refractivity contribution in [2.75, 3.05) is 7.11 Å². The van der Waals surface area contributed by atoms with Crippen molar-refractivity contribution in [2.24, 2.45) is 5.92 Å². The molecule has 1 N–H and O–H groups in total. The highest BCUT2D eigenvalue weighted by Gasteiger charge is 2.45. The van der Waals surface area contributed by atoms with Crippen LogP contribution in [0.4, 0.5) is 0 Å². The largest absolute Gasteiger partial charge is 0.379 e. The van der Waals surface area contributed by atoms with E-state index in [1.807, 2.05) is 55.6 Å². The predicted molar refractivity (Wildman–Crippen MR) is 104 cm³/mol. The minimum Gasteiger partial charge on any atom is -0.379 e. The van der Waals surface area contributed by atoms with Crippen molar-refractivity contribution in [2.45, 2.75) is 51.7 Å². The Morgan fingerprint density at radius 2 is 1.92 bits per heavy atom. The van der Waals surface area contributed by atoms with Crippen LogP contribution in [-0.2, 0) is 4.74 Å². The number of hydrogen-bond acceptors (Lipinski definition) is 4. The first kappa shape index (κ1) is 19.8. The average Bonchev–Trinajstić information content (AvgIpc) is 3.10. The molecule has 1 heterocycles. The number of rotatable bonds is 9. The minimum absolute atomic E-state index is 0.0457. The summed E-state index contributed by atoms with van der Waals surface area (Å²) in [5, 5.41) is 13.3. The van der Waals surface area contributed by atoms with Gasteiger partial charge < -0.3 is 9.84 Å². The Bertz CT molecular complexity index is 677. The van der Waals surface area contributed by atoms with Gasteiger partial charge in [-0.3, -0.25) is 4.79 Å². The smallest absolute Gasteiger partial charge is 0.206 e. The van der Waals surface area contributed by atoms with Crippen molar-refractivity contribution >= 4 is 17.1 Å². The van der Waals surface area contributed by atoms with Gasteiger partial charge in [0.1, 0.15) is 0 Å². The predicted octanol–water partition coefficient (Wildman–Crippen LogP) is 5.19. The Hall–Kier alpha value is -1.49. The molecule has 0 aliphatic carbocycles. The maximum absolute atomic E-state index is 13.2. The molecule has 25 heavy (non-hydrogen) atoms. The van der Waals surface area contributed by atoms with Gasteiger partial charge in [-0.05, 0) is 34.9 Å². The number of ketones is 1. The Morgan fingerprint density at radius 3 is 2.48 bits per heavy atom. The van der Waals surface area contributed by atoms with Gasteiger partial charge in [0, 0.05) is 7.11 Å². The Kier molecular flexibility index (Phi) is 6.94. The van der Waals surface area contributed by atoms with Gasteiger partial charge >= 0.3 is 0 Å². The molecular formula is C21H28O3S. The highest BCUT2D eigenvalue weighted by molar-refractivity contribution is 7.12. The molecule has 2 unspecified atom stereocenters. The summed E-state index contributed by atoms with van der Waals surface area (Å²) < 4.78 is 5.54. The number of thiophene rings is 1. The van der Waals surface area contributed by atoms with Crippen LogP contribution in [-0.4, -0.2) is 29.7 Å². The number of ether oxygens (including phenoxy) is 1. The summed E-state index contributed by atoms with van der Waals surface area (Å²) in [4.78, 5) is 13.8. The summed E-state index contributed by atoms with van der Waals surface area (Å²) in [5.74, 6) is -0.182. The number of carbonyl (C=O) groups excluding carboxylic acids is 1. The Morgan fingerprint density at radius 1 is 1.24 bits per heavy atom. The van der Waals surface area contributed by atoms with Crippen LogP contribution in [0, 0.1) is 5.92 Å². The molecule has 0 spiro atoms. The van der Waals surface area contributed by atoms with Crippen LogP contribution in [0.2, 0.25) is 0 Å². The van der Waals surface area contributed by atoms with Crippen LogP contribution >= 0.6 is 11.3 Å². The molecule has 0 saturated carbocycles. The van der Waals surface area contributed by atoms with Gasteiger partial charge in [-0.2, -0.15) is 0 Å². The summed E-state index contributed by atoms with van der Waals surface area (Å²) >= 11 is 1.39. The van der Waals surface area contributed by atoms with E-state index in [4.69, 9.17) is 4.74 Å². The number of hydrogen-bond donors (Lipinski definition) is 1. The highest BCUT2D eigenvalue weighted by atomic mass is 32.1. The van der Waals surface area contributed by atoms with Crippen LogP contribution in [0.3, 0.4) is 0 Å². The van der Waals surface area contributed by atoms with Crippen molar-refractivity contribution in [3.63, 3.8) is 0 Å². The lowest BCUT2D eigenvalue weighted by Gasteiger charge is -2.36. The number of Topliss-reactive ketones (excluding diaryl/α,β-unsaturated/α-hetero) is 1. The molecule has 0 bridgehead atoms. The fourth-order valence-electron chi connectivity index (χ4n) is 3.30. The van der Waals surface area contributed by atoms with E-state index in [0.717, 1.165) is 24.0 Å². The van der Waals surface area contributed by atoms with Crippen LogP contribution in [0.25, 0.3) is 11.1 Å². The van der Waals surface area contributed by atoms with Crippen molar-refractivity contribution < 1.29 is 14.6 Å². The quantitative estimate of drug-likeness (QED) is 0.626. The van der Waals surface area contributed by atoms with Gasteiger partial charge in [0.25, 0.3) is 0 Å². The molecule has 0 aliphatic heterocycles. The topological polar surface area (TPSA) is 46.5 Å². The van der Waals surface area contributed by atoms with Gasteiger partial charge in [0.2, 0.25) is 5.78 Å². The fraction of sp³-hybridized carbons (Fsp3) is 0.476. The van der Waals surface area contributed by atoms with E-state index in [2.05, 4.69) is 6.92 Å². The molecule has 1 aromatic carbocycles. The van der Waals surface area contributed by atoms with E-state index in [9.17, 15) is 9.90 Å². The number of methoxy groups -OCH3 is 1. The van der Waals surface area contributed by atoms with Crippen molar-refractivity contribution in [3.8, 4) is 11.1 Å². The zero-order valence-electron chi connectivity index (χ0n) is 15.5. The van der Waals surface area contributed by atoms with Crippen LogP contribution < -0.4 is 0 Å². The number of benzene rings is 1. The molecule has 2 aromatic rings. The molecule has 3 nitrogen and oxygen atoms in total. The lowest BCUT2D eigenvalue weighted by molar-refractivity contribution is -0.0930. The Labute approximate surface area is 154 Å². The van der Waals surface area contributed by atoms with E-state index >= 15 is 0 Å². The first-order chi connectivity index (χ1) is 11.9. The average molecular weight is 361 g/mol. The zero-order valence-corrected chi connectivity index (χ0v) is 16.3. The molecule has 0 saturated heterocycles. The van der Waals surface area contributed by atoms with E-state index in [1.165, 1.54) is 11.3 Å². The summed E-state index contributed by atoms with van der Waals surface area (Å²) in [6, 6.07) is 11.8. The first-order valence-corrected chi connectivity index (χ1v) is 9.76. The molecular weight excluding hydrogens is 332 g/mol. The molecule has 0 radical (unpaired) electrons. The number of carbonyl (C=O) groups is 1. The van der Waals surface area contributed by atoms with Crippen LogP contribution in [0.1, 0.15) is 49.7 Å². The highest BCUT2D eigenvalue weighted by Crippen LogP contribution is 2.34.